The first kappa shape index (κ1) is 26.2. The minimum absolute atomic E-state index is 0.254. The van der Waals surface area contributed by atoms with Crippen LogP contribution in [0.15, 0.2) is 89.7 Å². The highest BCUT2D eigenvalue weighted by Crippen LogP contribution is 2.32. The molecule has 10 heteroatoms. The molecule has 6 rings (SSSR count). The zero-order valence-electron chi connectivity index (χ0n) is 21.4. The summed E-state index contributed by atoms with van der Waals surface area (Å²) >= 11 is 0. The average molecular weight is 544 g/mol. The molecule has 1 aliphatic rings. The number of imidazole rings is 1. The average Bonchev–Trinajstić information content (AvgIpc) is 3.62. The number of ether oxygens (including phenoxy) is 2. The van der Waals surface area contributed by atoms with Crippen molar-refractivity contribution in [3.63, 3.8) is 0 Å². The van der Waals surface area contributed by atoms with Crippen LogP contribution in [0.1, 0.15) is 22.7 Å². The molecule has 4 N–H and O–H groups in total. The number of rotatable bonds is 8. The monoisotopic (exact) mass is 543 g/mol. The number of aliphatic hydroxyl groups excluding tert-OH is 4. The van der Waals surface area contributed by atoms with Gasteiger partial charge in [-0.15, -0.1) is 0 Å². The summed E-state index contributed by atoms with van der Waals surface area (Å²) in [4.78, 5) is 9.88. The SMILES string of the molecule is OC[C@H]1O[C@H](Oc2c(Cc3ccco3)nc3c(Cc4ccccc4)nc(-c4ccccc4)cn23)[C@H](O)[C@@H](O)[C@H]1O. The Morgan fingerprint density at radius 2 is 1.55 bits per heavy atom. The lowest BCUT2D eigenvalue weighted by molar-refractivity contribution is -0.278. The van der Waals surface area contributed by atoms with E-state index in [1.807, 2.05) is 66.7 Å². The van der Waals surface area contributed by atoms with Crippen molar-refractivity contribution >= 4 is 5.65 Å². The Kier molecular flexibility index (Phi) is 7.33. The van der Waals surface area contributed by atoms with Gasteiger partial charge in [0.25, 0.3) is 0 Å². The lowest BCUT2D eigenvalue weighted by atomic mass is 9.99. The Bertz CT molecular complexity index is 1560. The molecule has 1 aliphatic heterocycles. The second-order valence-electron chi connectivity index (χ2n) is 9.73. The van der Waals surface area contributed by atoms with Crippen molar-refractivity contribution in [1.29, 1.82) is 0 Å². The lowest BCUT2D eigenvalue weighted by Gasteiger charge is -2.39. The molecule has 0 saturated carbocycles. The fraction of sp³-hybridized carbons (Fsp3) is 0.267. The molecule has 0 unspecified atom stereocenters. The standard InChI is InChI=1S/C30H29N3O7/c34-17-24-25(35)26(36)27(37)30(39-24)40-29-22(15-20-12-7-13-38-20)32-28-21(14-18-8-3-1-4-9-18)31-23(16-33(28)29)19-10-5-2-6-11-19/h1-13,16,24-27,30,34-37H,14-15,17H2/t24-,25+,26+,27-,30-/m1/s1. The molecule has 10 nitrogen and oxygen atoms in total. The number of hydrogen-bond donors (Lipinski definition) is 4. The van der Waals surface area contributed by atoms with Crippen molar-refractivity contribution < 1.29 is 34.3 Å². The first-order chi connectivity index (χ1) is 19.5. The van der Waals surface area contributed by atoms with Gasteiger partial charge in [0, 0.05) is 18.2 Å². The summed E-state index contributed by atoms with van der Waals surface area (Å²) in [6.45, 7) is -0.569. The molecule has 2 aromatic carbocycles. The van der Waals surface area contributed by atoms with Crippen LogP contribution < -0.4 is 4.74 Å². The molecule has 0 bridgehead atoms. The minimum atomic E-state index is -1.58. The number of furan rings is 1. The van der Waals surface area contributed by atoms with Gasteiger partial charge in [-0.2, -0.15) is 0 Å². The van der Waals surface area contributed by atoms with E-state index in [9.17, 15) is 20.4 Å². The molecule has 1 fully saturated rings. The Morgan fingerprint density at radius 1 is 0.800 bits per heavy atom. The van der Waals surface area contributed by atoms with E-state index in [4.69, 9.17) is 23.9 Å². The van der Waals surface area contributed by atoms with E-state index in [0.29, 0.717) is 34.9 Å². The van der Waals surface area contributed by atoms with Crippen LogP contribution in [0, 0.1) is 0 Å². The Morgan fingerprint density at radius 3 is 2.25 bits per heavy atom. The minimum Gasteiger partial charge on any atom is -0.469 e. The normalized spacial score (nSPS) is 22.9. The van der Waals surface area contributed by atoms with E-state index in [1.54, 1.807) is 22.9 Å². The highest BCUT2D eigenvalue weighted by Gasteiger charge is 2.45. The second kappa shape index (κ2) is 11.2. The smallest absolute Gasteiger partial charge is 0.231 e. The molecule has 5 atom stereocenters. The Hall–Kier alpha value is -4.06. The zero-order valence-corrected chi connectivity index (χ0v) is 21.4. The fourth-order valence-electron chi connectivity index (χ4n) is 4.88. The molecule has 206 valence electrons. The van der Waals surface area contributed by atoms with Crippen molar-refractivity contribution in [2.75, 3.05) is 6.61 Å². The molecular formula is C30H29N3O7. The number of nitrogens with zero attached hydrogens (tertiary/aromatic N) is 3. The van der Waals surface area contributed by atoms with Gasteiger partial charge in [-0.25, -0.2) is 9.97 Å². The molecule has 40 heavy (non-hydrogen) atoms. The summed E-state index contributed by atoms with van der Waals surface area (Å²) < 4.78 is 19.2. The van der Waals surface area contributed by atoms with Crippen LogP contribution in [0.2, 0.25) is 0 Å². The van der Waals surface area contributed by atoms with Crippen LogP contribution in [0.25, 0.3) is 16.9 Å². The van der Waals surface area contributed by atoms with E-state index in [2.05, 4.69) is 0 Å². The predicted octanol–water partition coefficient (Wildman–Crippen LogP) is 2.35. The largest absolute Gasteiger partial charge is 0.469 e. The molecule has 0 radical (unpaired) electrons. The third-order valence-corrected chi connectivity index (χ3v) is 6.98. The number of aromatic nitrogens is 3. The van der Waals surface area contributed by atoms with Gasteiger partial charge in [-0.1, -0.05) is 60.7 Å². The maximum Gasteiger partial charge on any atom is 0.231 e. The van der Waals surface area contributed by atoms with E-state index < -0.39 is 37.3 Å². The van der Waals surface area contributed by atoms with Gasteiger partial charge in [0.15, 0.2) is 5.65 Å². The van der Waals surface area contributed by atoms with Gasteiger partial charge in [-0.3, -0.25) is 4.40 Å². The van der Waals surface area contributed by atoms with Gasteiger partial charge >= 0.3 is 0 Å². The maximum atomic E-state index is 10.7. The van der Waals surface area contributed by atoms with E-state index in [-0.39, 0.29) is 12.3 Å². The summed E-state index contributed by atoms with van der Waals surface area (Å²) in [6, 6.07) is 23.2. The Labute approximate surface area is 229 Å². The number of fused-ring (bicyclic) bond motifs is 1. The van der Waals surface area contributed by atoms with Gasteiger partial charge in [0.05, 0.1) is 30.7 Å². The molecule has 1 saturated heterocycles. The first-order valence-electron chi connectivity index (χ1n) is 13.0. The van der Waals surface area contributed by atoms with Crippen molar-refractivity contribution in [2.24, 2.45) is 0 Å². The van der Waals surface area contributed by atoms with Crippen LogP contribution in [-0.4, -0.2) is 72.1 Å². The number of hydrogen-bond acceptors (Lipinski definition) is 9. The highest BCUT2D eigenvalue weighted by molar-refractivity contribution is 5.63. The molecule has 0 aliphatic carbocycles. The first-order valence-corrected chi connectivity index (χ1v) is 13.0. The van der Waals surface area contributed by atoms with E-state index in [0.717, 1.165) is 11.1 Å². The maximum absolute atomic E-state index is 10.7. The summed E-state index contributed by atoms with van der Waals surface area (Å²) in [5.74, 6) is 0.896. The van der Waals surface area contributed by atoms with E-state index in [1.165, 1.54) is 0 Å². The molecule has 4 heterocycles. The van der Waals surface area contributed by atoms with Crippen LogP contribution in [0.5, 0.6) is 5.88 Å². The van der Waals surface area contributed by atoms with Crippen molar-refractivity contribution in [3.05, 3.63) is 108 Å². The van der Waals surface area contributed by atoms with Crippen LogP contribution in [0.4, 0.5) is 0 Å². The molecule has 5 aromatic rings. The van der Waals surface area contributed by atoms with Crippen molar-refractivity contribution in [2.45, 2.75) is 43.5 Å². The second-order valence-corrected chi connectivity index (χ2v) is 9.73. The van der Waals surface area contributed by atoms with E-state index >= 15 is 0 Å². The number of benzene rings is 2. The summed E-state index contributed by atoms with van der Waals surface area (Å²) in [6.07, 6.45) is -3.04. The zero-order chi connectivity index (χ0) is 27.6. The van der Waals surface area contributed by atoms with Crippen LogP contribution in [-0.2, 0) is 17.6 Å². The topological polar surface area (TPSA) is 143 Å². The summed E-state index contributed by atoms with van der Waals surface area (Å²) in [5.41, 5.74) is 4.36. The lowest BCUT2D eigenvalue weighted by Crippen LogP contribution is -2.60. The predicted molar refractivity (Wildman–Crippen MR) is 144 cm³/mol. The van der Waals surface area contributed by atoms with Gasteiger partial charge < -0.3 is 34.3 Å². The van der Waals surface area contributed by atoms with Gasteiger partial charge in [-0.05, 0) is 17.7 Å². The Balaban J connectivity index is 1.50. The molecule has 0 spiro atoms. The number of aliphatic hydroxyl groups is 4. The van der Waals surface area contributed by atoms with Crippen LogP contribution >= 0.6 is 0 Å². The summed E-state index contributed by atoms with van der Waals surface area (Å²) in [5, 5.41) is 41.0. The fourth-order valence-corrected chi connectivity index (χ4v) is 4.88. The van der Waals surface area contributed by atoms with Crippen molar-refractivity contribution in [1.82, 2.24) is 14.4 Å². The third-order valence-electron chi connectivity index (χ3n) is 6.98. The molecule has 0 amide bonds. The highest BCUT2D eigenvalue weighted by atomic mass is 16.7. The van der Waals surface area contributed by atoms with Crippen molar-refractivity contribution in [3.8, 4) is 17.1 Å². The summed E-state index contributed by atoms with van der Waals surface area (Å²) in [7, 11) is 0. The quantitative estimate of drug-likeness (QED) is 0.232. The molecular weight excluding hydrogens is 514 g/mol. The molecule has 3 aromatic heterocycles. The third kappa shape index (κ3) is 5.10. The van der Waals surface area contributed by atoms with Gasteiger partial charge in [0.1, 0.15) is 35.9 Å². The van der Waals surface area contributed by atoms with Gasteiger partial charge in [0.2, 0.25) is 12.2 Å². The van der Waals surface area contributed by atoms with Crippen LogP contribution in [0.3, 0.4) is 0 Å².